The van der Waals surface area contributed by atoms with Gasteiger partial charge in [-0.15, -0.1) is 0 Å². The molecule has 0 saturated heterocycles. The maximum atomic E-state index is 13.1. The normalized spacial score (nSPS) is 13.2. The highest BCUT2D eigenvalue weighted by Crippen LogP contribution is 2.32. The number of hydrogen-bond donors (Lipinski definition) is 2. The number of rotatable bonds is 6. The summed E-state index contributed by atoms with van der Waals surface area (Å²) in [6, 6.07) is 20.6. The molecule has 5 nitrogen and oxygen atoms in total. The highest BCUT2D eigenvalue weighted by Gasteiger charge is 2.24. The van der Waals surface area contributed by atoms with Gasteiger partial charge in [0.2, 0.25) is 6.79 Å². The van der Waals surface area contributed by atoms with E-state index in [0.29, 0.717) is 12.2 Å². The van der Waals surface area contributed by atoms with Crippen LogP contribution in [0, 0.1) is 5.82 Å². The summed E-state index contributed by atoms with van der Waals surface area (Å²) < 4.78 is 23.9. The van der Waals surface area contributed by atoms with Gasteiger partial charge in [-0.3, -0.25) is 4.79 Å². The van der Waals surface area contributed by atoms with Crippen LogP contribution in [0.5, 0.6) is 11.5 Å². The molecule has 3 aromatic carbocycles. The number of nitrogens with two attached hydrogens (primary N) is 1. The van der Waals surface area contributed by atoms with Gasteiger partial charge >= 0.3 is 0 Å². The van der Waals surface area contributed by atoms with Crippen LogP contribution in [0.3, 0.4) is 0 Å². The van der Waals surface area contributed by atoms with Gasteiger partial charge in [-0.1, -0.05) is 30.3 Å². The Morgan fingerprint density at radius 1 is 1.00 bits per heavy atom. The average molecular weight is 379 g/mol. The first-order chi connectivity index (χ1) is 13.7. The van der Waals surface area contributed by atoms with E-state index in [2.05, 4.69) is 5.32 Å². The zero-order chi connectivity index (χ0) is 19.3. The smallest absolute Gasteiger partial charge is 0.287 e. The van der Waals surface area contributed by atoms with E-state index in [1.807, 2.05) is 53.8 Å². The SMILES string of the molecule is O=C(Nc1ccc(F)cc1)[C@@H]([NH2+]Cc1ccc2c(c1)OCO2)c1ccccc1. The molecule has 0 radical (unpaired) electrons. The summed E-state index contributed by atoms with van der Waals surface area (Å²) in [4.78, 5) is 12.9. The van der Waals surface area contributed by atoms with Gasteiger partial charge in [0.15, 0.2) is 17.5 Å². The number of fused-ring (bicyclic) bond motifs is 1. The minimum absolute atomic E-state index is 0.168. The summed E-state index contributed by atoms with van der Waals surface area (Å²) in [6.45, 7) is 0.822. The standard InChI is InChI=1S/C22H19FN2O3/c23-17-7-9-18(10-8-17)25-22(26)21(16-4-2-1-3-5-16)24-13-15-6-11-19-20(12-15)28-14-27-19/h1-12,21,24H,13-14H2,(H,25,26)/p+1/t21-/m0/s1. The molecule has 1 amide bonds. The minimum atomic E-state index is -0.448. The molecule has 0 aromatic heterocycles. The van der Waals surface area contributed by atoms with Crippen molar-refractivity contribution in [2.45, 2.75) is 12.6 Å². The van der Waals surface area contributed by atoms with Crippen LogP contribution in [0.2, 0.25) is 0 Å². The lowest BCUT2D eigenvalue weighted by atomic mass is 10.1. The van der Waals surface area contributed by atoms with E-state index >= 15 is 0 Å². The Hall–Kier alpha value is -3.38. The van der Waals surface area contributed by atoms with Gasteiger partial charge in [-0.2, -0.15) is 0 Å². The quantitative estimate of drug-likeness (QED) is 0.692. The number of benzene rings is 3. The number of anilines is 1. The van der Waals surface area contributed by atoms with Crippen LogP contribution in [0.15, 0.2) is 72.8 Å². The van der Waals surface area contributed by atoms with Gasteiger partial charge in [0.05, 0.1) is 0 Å². The Morgan fingerprint density at radius 2 is 1.75 bits per heavy atom. The predicted octanol–water partition coefficient (Wildman–Crippen LogP) is 3.00. The number of ether oxygens (including phenoxy) is 2. The van der Waals surface area contributed by atoms with E-state index in [9.17, 15) is 9.18 Å². The fraction of sp³-hybridized carbons (Fsp3) is 0.136. The molecule has 0 spiro atoms. The molecule has 0 unspecified atom stereocenters. The Balaban J connectivity index is 1.50. The number of amides is 1. The number of carbonyl (C=O) groups is 1. The third-order valence-electron chi connectivity index (χ3n) is 4.58. The Morgan fingerprint density at radius 3 is 2.54 bits per heavy atom. The van der Waals surface area contributed by atoms with Crippen LogP contribution < -0.4 is 20.1 Å². The highest BCUT2D eigenvalue weighted by molar-refractivity contribution is 5.94. The van der Waals surface area contributed by atoms with E-state index in [-0.39, 0.29) is 18.5 Å². The molecule has 0 bridgehead atoms. The fourth-order valence-corrected chi connectivity index (χ4v) is 3.13. The lowest BCUT2D eigenvalue weighted by Crippen LogP contribution is -2.85. The van der Waals surface area contributed by atoms with Crippen molar-refractivity contribution in [3.63, 3.8) is 0 Å². The molecule has 28 heavy (non-hydrogen) atoms. The zero-order valence-electron chi connectivity index (χ0n) is 15.1. The van der Waals surface area contributed by atoms with Gasteiger partial charge in [0.25, 0.3) is 5.91 Å². The van der Waals surface area contributed by atoms with Crippen LogP contribution in [-0.2, 0) is 11.3 Å². The van der Waals surface area contributed by atoms with Crippen LogP contribution in [0.1, 0.15) is 17.2 Å². The lowest BCUT2D eigenvalue weighted by molar-refractivity contribution is -0.697. The van der Waals surface area contributed by atoms with Gasteiger partial charge in [-0.05, 0) is 42.5 Å². The molecule has 0 saturated carbocycles. The van der Waals surface area contributed by atoms with Crippen molar-refractivity contribution in [1.29, 1.82) is 0 Å². The van der Waals surface area contributed by atoms with Crippen molar-refractivity contribution in [1.82, 2.24) is 0 Å². The van der Waals surface area contributed by atoms with Gasteiger partial charge in [0.1, 0.15) is 12.4 Å². The van der Waals surface area contributed by atoms with Crippen molar-refractivity contribution >= 4 is 11.6 Å². The summed E-state index contributed by atoms with van der Waals surface area (Å²) in [5.74, 6) is 0.945. The van der Waals surface area contributed by atoms with Crippen molar-refractivity contribution < 1.29 is 24.0 Å². The van der Waals surface area contributed by atoms with Crippen LogP contribution >= 0.6 is 0 Å². The van der Waals surface area contributed by atoms with Crippen molar-refractivity contribution in [2.75, 3.05) is 12.1 Å². The summed E-state index contributed by atoms with van der Waals surface area (Å²) in [5, 5.41) is 4.83. The molecule has 1 aliphatic heterocycles. The highest BCUT2D eigenvalue weighted by atomic mass is 19.1. The number of nitrogens with one attached hydrogen (secondary N) is 1. The summed E-state index contributed by atoms with van der Waals surface area (Å²) >= 11 is 0. The van der Waals surface area contributed by atoms with Crippen LogP contribution in [0.4, 0.5) is 10.1 Å². The summed E-state index contributed by atoms with van der Waals surface area (Å²) in [5.41, 5.74) is 2.48. The minimum Gasteiger partial charge on any atom is -0.454 e. The molecule has 3 aromatic rings. The van der Waals surface area contributed by atoms with Crippen molar-refractivity contribution in [2.24, 2.45) is 0 Å². The second-order valence-corrected chi connectivity index (χ2v) is 6.51. The van der Waals surface area contributed by atoms with Crippen LogP contribution in [0.25, 0.3) is 0 Å². The first kappa shape index (κ1) is 18.0. The third-order valence-corrected chi connectivity index (χ3v) is 4.58. The van der Waals surface area contributed by atoms with Crippen molar-refractivity contribution in [3.05, 3.63) is 89.7 Å². The van der Waals surface area contributed by atoms with Gasteiger partial charge in [-0.25, -0.2) is 4.39 Å². The maximum Gasteiger partial charge on any atom is 0.287 e. The summed E-state index contributed by atoms with van der Waals surface area (Å²) in [7, 11) is 0. The fourth-order valence-electron chi connectivity index (χ4n) is 3.13. The van der Waals surface area contributed by atoms with Crippen LogP contribution in [-0.4, -0.2) is 12.7 Å². The Labute approximate surface area is 162 Å². The largest absolute Gasteiger partial charge is 0.454 e. The molecule has 142 valence electrons. The third kappa shape index (κ3) is 4.13. The number of quaternary nitrogens is 1. The second-order valence-electron chi connectivity index (χ2n) is 6.51. The Kier molecular flexibility index (Phi) is 5.21. The predicted molar refractivity (Wildman–Crippen MR) is 102 cm³/mol. The van der Waals surface area contributed by atoms with E-state index in [0.717, 1.165) is 22.6 Å². The lowest BCUT2D eigenvalue weighted by Gasteiger charge is -2.16. The number of carbonyl (C=O) groups excluding carboxylic acids is 1. The molecular weight excluding hydrogens is 359 g/mol. The number of hydrogen-bond acceptors (Lipinski definition) is 3. The monoisotopic (exact) mass is 379 g/mol. The molecule has 0 aliphatic carbocycles. The topological polar surface area (TPSA) is 64.2 Å². The van der Waals surface area contributed by atoms with E-state index in [1.54, 1.807) is 12.1 Å². The molecule has 1 atom stereocenters. The molecule has 3 N–H and O–H groups in total. The van der Waals surface area contributed by atoms with Gasteiger partial charge in [0, 0.05) is 16.8 Å². The first-order valence-corrected chi connectivity index (χ1v) is 9.02. The van der Waals surface area contributed by atoms with E-state index in [4.69, 9.17) is 9.47 Å². The summed E-state index contributed by atoms with van der Waals surface area (Å²) in [6.07, 6.45) is 0. The number of halogens is 1. The Bertz CT molecular complexity index is 961. The second kappa shape index (κ2) is 8.10. The molecule has 1 aliphatic rings. The first-order valence-electron chi connectivity index (χ1n) is 9.02. The zero-order valence-corrected chi connectivity index (χ0v) is 15.1. The van der Waals surface area contributed by atoms with Crippen molar-refractivity contribution in [3.8, 4) is 11.5 Å². The molecule has 1 heterocycles. The van der Waals surface area contributed by atoms with E-state index in [1.165, 1.54) is 12.1 Å². The maximum absolute atomic E-state index is 13.1. The molecule has 6 heteroatoms. The molecule has 0 fully saturated rings. The molecular formula is C22H20FN2O3+. The van der Waals surface area contributed by atoms with E-state index < -0.39 is 6.04 Å². The van der Waals surface area contributed by atoms with Gasteiger partial charge < -0.3 is 20.1 Å². The molecule has 4 rings (SSSR count). The average Bonchev–Trinajstić information content (AvgIpc) is 3.19.